The largest absolute Gasteiger partial charge is 0.383 e. The molecule has 2 heterocycles. The first kappa shape index (κ1) is 13.4. The molecule has 0 bridgehead atoms. The Morgan fingerprint density at radius 2 is 2.22 bits per heavy atom. The van der Waals surface area contributed by atoms with Crippen molar-refractivity contribution >= 4 is 5.95 Å². The number of aromatic nitrogens is 2. The molecule has 0 aliphatic carbocycles. The summed E-state index contributed by atoms with van der Waals surface area (Å²) in [5.41, 5.74) is 0. The summed E-state index contributed by atoms with van der Waals surface area (Å²) in [4.78, 5) is 6.79. The number of piperidine rings is 1. The van der Waals surface area contributed by atoms with E-state index in [1.54, 1.807) is 7.11 Å². The van der Waals surface area contributed by atoms with E-state index in [9.17, 15) is 0 Å². The van der Waals surface area contributed by atoms with Crippen molar-refractivity contribution in [3.8, 4) is 0 Å². The van der Waals surface area contributed by atoms with Crippen molar-refractivity contribution in [2.45, 2.75) is 12.8 Å². The van der Waals surface area contributed by atoms with Gasteiger partial charge in [-0.3, -0.25) is 0 Å². The van der Waals surface area contributed by atoms with E-state index in [1.807, 2.05) is 12.4 Å². The summed E-state index contributed by atoms with van der Waals surface area (Å²) in [6.45, 7) is 5.09. The fraction of sp³-hybridized carbons (Fsp3) is 0.769. The first-order valence-electron chi connectivity index (χ1n) is 6.73. The second kappa shape index (κ2) is 6.75. The topological polar surface area (TPSA) is 42.3 Å². The lowest BCUT2D eigenvalue weighted by Gasteiger charge is -2.32. The molecule has 0 amide bonds. The zero-order valence-electron chi connectivity index (χ0n) is 11.4. The number of nitrogens with zero attached hydrogens (tertiary/aromatic N) is 3. The molecule has 0 saturated carbocycles. The van der Waals surface area contributed by atoms with Gasteiger partial charge in [-0.2, -0.15) is 0 Å². The van der Waals surface area contributed by atoms with Crippen LogP contribution in [0, 0.1) is 5.92 Å². The smallest absolute Gasteiger partial charge is 0.205 e. The van der Waals surface area contributed by atoms with Crippen LogP contribution >= 0.6 is 0 Å². The highest BCUT2D eigenvalue weighted by atomic mass is 16.5. The van der Waals surface area contributed by atoms with Crippen molar-refractivity contribution in [2.24, 2.45) is 13.0 Å². The molecule has 1 aromatic rings. The van der Waals surface area contributed by atoms with Crippen LogP contribution in [-0.2, 0) is 11.8 Å². The van der Waals surface area contributed by atoms with Crippen LogP contribution in [0.3, 0.4) is 0 Å². The van der Waals surface area contributed by atoms with Gasteiger partial charge in [0.05, 0.1) is 6.61 Å². The number of rotatable bonds is 6. The van der Waals surface area contributed by atoms with Crippen LogP contribution in [0.25, 0.3) is 0 Å². The molecule has 5 heteroatoms. The van der Waals surface area contributed by atoms with E-state index in [0.29, 0.717) is 0 Å². The molecule has 1 aliphatic rings. The van der Waals surface area contributed by atoms with Crippen LogP contribution in [0.1, 0.15) is 12.8 Å². The summed E-state index contributed by atoms with van der Waals surface area (Å²) >= 11 is 0. The number of hydrogen-bond donors (Lipinski definition) is 1. The van der Waals surface area contributed by atoms with Crippen molar-refractivity contribution in [2.75, 3.05) is 44.8 Å². The van der Waals surface area contributed by atoms with Gasteiger partial charge in [0.1, 0.15) is 0 Å². The van der Waals surface area contributed by atoms with Crippen LogP contribution in [0.2, 0.25) is 0 Å². The molecule has 1 saturated heterocycles. The lowest BCUT2D eigenvalue weighted by Crippen LogP contribution is -2.38. The normalized spacial score (nSPS) is 17.3. The Hall–Kier alpha value is -1.07. The number of nitrogens with one attached hydrogen (secondary N) is 1. The van der Waals surface area contributed by atoms with Crippen molar-refractivity contribution in [1.29, 1.82) is 0 Å². The third-order valence-corrected chi connectivity index (χ3v) is 3.61. The Bertz CT molecular complexity index is 345. The fourth-order valence-electron chi connectivity index (χ4n) is 2.48. The number of anilines is 1. The zero-order valence-corrected chi connectivity index (χ0v) is 11.4. The molecule has 0 aromatic carbocycles. The summed E-state index contributed by atoms with van der Waals surface area (Å²) in [5, 5.41) is 3.45. The maximum absolute atomic E-state index is 5.03. The summed E-state index contributed by atoms with van der Waals surface area (Å²) in [5.74, 6) is 1.89. The fourth-order valence-corrected chi connectivity index (χ4v) is 2.48. The predicted molar refractivity (Wildman–Crippen MR) is 72.9 cm³/mol. The maximum atomic E-state index is 5.03. The molecule has 1 fully saturated rings. The molecule has 1 N–H and O–H groups in total. The lowest BCUT2D eigenvalue weighted by molar-refractivity contribution is 0.196. The average Bonchev–Trinajstić information content (AvgIpc) is 2.82. The zero-order chi connectivity index (χ0) is 12.8. The van der Waals surface area contributed by atoms with E-state index < -0.39 is 0 Å². The van der Waals surface area contributed by atoms with Gasteiger partial charge in [-0.1, -0.05) is 0 Å². The summed E-state index contributed by atoms with van der Waals surface area (Å²) in [6.07, 6.45) is 6.36. The van der Waals surface area contributed by atoms with Crippen LogP contribution in [0.15, 0.2) is 12.4 Å². The highest BCUT2D eigenvalue weighted by Gasteiger charge is 2.20. The Kier molecular flexibility index (Phi) is 5.01. The minimum Gasteiger partial charge on any atom is -0.383 e. The van der Waals surface area contributed by atoms with Gasteiger partial charge < -0.3 is 19.5 Å². The van der Waals surface area contributed by atoms with Gasteiger partial charge in [0.25, 0.3) is 0 Å². The minimum atomic E-state index is 0.790. The monoisotopic (exact) mass is 252 g/mol. The maximum Gasteiger partial charge on any atom is 0.205 e. The van der Waals surface area contributed by atoms with Gasteiger partial charge >= 0.3 is 0 Å². The molecule has 0 unspecified atom stereocenters. The van der Waals surface area contributed by atoms with Gasteiger partial charge in [0, 0.05) is 46.2 Å². The van der Waals surface area contributed by atoms with Gasteiger partial charge in [-0.15, -0.1) is 0 Å². The van der Waals surface area contributed by atoms with Crippen molar-refractivity contribution in [3.63, 3.8) is 0 Å². The van der Waals surface area contributed by atoms with Gasteiger partial charge in [-0.25, -0.2) is 4.98 Å². The van der Waals surface area contributed by atoms with E-state index in [-0.39, 0.29) is 0 Å². The van der Waals surface area contributed by atoms with E-state index in [1.165, 1.54) is 12.8 Å². The molecule has 18 heavy (non-hydrogen) atoms. The molecule has 1 aromatic heterocycles. The first-order chi connectivity index (χ1) is 8.81. The molecular weight excluding hydrogens is 228 g/mol. The standard InChI is InChI=1S/C13H24N4O/c1-16-9-5-15-13(16)17-7-3-12(4-8-17)11-14-6-10-18-2/h5,9,12,14H,3-4,6-8,10-11H2,1-2H3. The summed E-state index contributed by atoms with van der Waals surface area (Å²) in [6, 6.07) is 0. The minimum absolute atomic E-state index is 0.790. The Labute approximate surface area is 109 Å². The molecule has 1 aliphatic heterocycles. The van der Waals surface area contributed by atoms with E-state index in [4.69, 9.17) is 4.74 Å². The van der Waals surface area contributed by atoms with Crippen LogP contribution in [0.5, 0.6) is 0 Å². The van der Waals surface area contributed by atoms with Crippen LogP contribution in [-0.4, -0.2) is 49.4 Å². The number of methoxy groups -OCH3 is 1. The highest BCUT2D eigenvalue weighted by molar-refractivity contribution is 5.31. The third kappa shape index (κ3) is 3.46. The number of imidazole rings is 1. The Balaban J connectivity index is 1.70. The van der Waals surface area contributed by atoms with E-state index in [0.717, 1.165) is 44.7 Å². The quantitative estimate of drug-likeness (QED) is 0.763. The third-order valence-electron chi connectivity index (χ3n) is 3.61. The predicted octanol–water partition coefficient (Wildman–Crippen LogP) is 0.872. The van der Waals surface area contributed by atoms with E-state index >= 15 is 0 Å². The Morgan fingerprint density at radius 3 is 2.83 bits per heavy atom. The van der Waals surface area contributed by atoms with E-state index in [2.05, 4.69) is 26.8 Å². The average molecular weight is 252 g/mol. The van der Waals surface area contributed by atoms with Crippen molar-refractivity contribution < 1.29 is 4.74 Å². The SMILES string of the molecule is COCCNCC1CCN(c2nccn2C)CC1. The molecular formula is C13H24N4O. The van der Waals surface area contributed by atoms with Crippen molar-refractivity contribution in [3.05, 3.63) is 12.4 Å². The second-order valence-electron chi connectivity index (χ2n) is 4.97. The molecule has 0 spiro atoms. The molecule has 102 valence electrons. The number of ether oxygens (including phenoxy) is 1. The molecule has 0 radical (unpaired) electrons. The molecule has 5 nitrogen and oxygen atoms in total. The van der Waals surface area contributed by atoms with Gasteiger partial charge in [-0.05, 0) is 25.3 Å². The molecule has 2 rings (SSSR count). The van der Waals surface area contributed by atoms with Gasteiger partial charge in [0.2, 0.25) is 5.95 Å². The molecule has 0 atom stereocenters. The van der Waals surface area contributed by atoms with Crippen molar-refractivity contribution in [1.82, 2.24) is 14.9 Å². The lowest BCUT2D eigenvalue weighted by atomic mass is 9.97. The second-order valence-corrected chi connectivity index (χ2v) is 4.97. The van der Waals surface area contributed by atoms with Crippen LogP contribution in [0.4, 0.5) is 5.95 Å². The first-order valence-corrected chi connectivity index (χ1v) is 6.73. The number of aryl methyl sites for hydroxylation is 1. The van der Waals surface area contributed by atoms with Crippen LogP contribution < -0.4 is 10.2 Å². The highest BCUT2D eigenvalue weighted by Crippen LogP contribution is 2.20. The summed E-state index contributed by atoms with van der Waals surface area (Å²) < 4.78 is 7.12. The number of hydrogen-bond acceptors (Lipinski definition) is 4. The Morgan fingerprint density at radius 1 is 1.44 bits per heavy atom. The summed E-state index contributed by atoms with van der Waals surface area (Å²) in [7, 11) is 3.80. The van der Waals surface area contributed by atoms with Gasteiger partial charge in [0.15, 0.2) is 0 Å².